The summed E-state index contributed by atoms with van der Waals surface area (Å²) in [6.07, 6.45) is 0. The van der Waals surface area contributed by atoms with Gasteiger partial charge in [0.1, 0.15) is 5.82 Å². The Morgan fingerprint density at radius 2 is 2.05 bits per heavy atom. The Balaban J connectivity index is 2.12. The van der Waals surface area contributed by atoms with Gasteiger partial charge in [-0.2, -0.15) is 0 Å². The highest BCUT2D eigenvalue weighted by Gasteiger charge is 2.12. The fraction of sp³-hybridized carbons (Fsp3) is 0.0769. The van der Waals surface area contributed by atoms with E-state index in [1.807, 2.05) is 6.07 Å². The van der Waals surface area contributed by atoms with Crippen LogP contribution in [0.3, 0.4) is 0 Å². The fourth-order valence-electron chi connectivity index (χ4n) is 1.51. The van der Waals surface area contributed by atoms with Gasteiger partial charge in [-0.25, -0.2) is 4.39 Å². The number of nitrogens with zero attached hydrogens (tertiary/aromatic N) is 1. The van der Waals surface area contributed by atoms with Gasteiger partial charge in [-0.15, -0.1) is 11.8 Å². The second kappa shape index (κ2) is 6.16. The van der Waals surface area contributed by atoms with E-state index in [1.54, 1.807) is 18.2 Å². The minimum atomic E-state index is -0.430. The van der Waals surface area contributed by atoms with Gasteiger partial charge >= 0.3 is 0 Å². The summed E-state index contributed by atoms with van der Waals surface area (Å²) < 4.78 is 13.5. The number of thioether (sulfide) groups is 1. The second-order valence-corrected chi connectivity index (χ2v) is 5.69. The molecule has 98 valence electrons. The van der Waals surface area contributed by atoms with Crippen molar-refractivity contribution in [3.8, 4) is 0 Å². The molecule has 0 aliphatic rings. The van der Waals surface area contributed by atoms with E-state index in [0.717, 1.165) is 10.5 Å². The molecule has 0 amide bonds. The lowest BCUT2D eigenvalue weighted by Gasteiger charge is -2.03. The Bertz CT molecular complexity index is 621. The number of hydrogen-bond donors (Lipinski definition) is 0. The van der Waals surface area contributed by atoms with Crippen LogP contribution >= 0.6 is 27.7 Å². The van der Waals surface area contributed by atoms with Gasteiger partial charge in [0, 0.05) is 16.7 Å². The van der Waals surface area contributed by atoms with Gasteiger partial charge in [0.25, 0.3) is 5.69 Å². The Kier molecular flexibility index (Phi) is 4.55. The highest BCUT2D eigenvalue weighted by molar-refractivity contribution is 9.10. The van der Waals surface area contributed by atoms with Crippen LogP contribution in [0.25, 0.3) is 0 Å². The summed E-state index contributed by atoms with van der Waals surface area (Å²) in [6.45, 7) is 0. The Hall–Kier alpha value is -1.40. The predicted octanol–water partition coefficient (Wildman–Crippen LogP) is 4.79. The lowest BCUT2D eigenvalue weighted by Crippen LogP contribution is -1.91. The van der Waals surface area contributed by atoms with Gasteiger partial charge < -0.3 is 0 Å². The first kappa shape index (κ1) is 14.0. The molecule has 0 atom stereocenters. The maximum absolute atomic E-state index is 13.0. The van der Waals surface area contributed by atoms with E-state index < -0.39 is 4.92 Å². The van der Waals surface area contributed by atoms with E-state index in [0.29, 0.717) is 10.2 Å². The molecule has 0 unspecified atom stereocenters. The zero-order valence-electron chi connectivity index (χ0n) is 9.68. The van der Waals surface area contributed by atoms with Gasteiger partial charge in [-0.05, 0) is 45.8 Å². The largest absolute Gasteiger partial charge is 0.283 e. The van der Waals surface area contributed by atoms with Crippen molar-refractivity contribution in [3.63, 3.8) is 0 Å². The molecule has 0 N–H and O–H groups in total. The average molecular weight is 342 g/mol. The zero-order chi connectivity index (χ0) is 13.8. The number of nitro benzene ring substituents is 1. The number of hydrogen-bond acceptors (Lipinski definition) is 3. The summed E-state index contributed by atoms with van der Waals surface area (Å²) in [6, 6.07) is 11.3. The monoisotopic (exact) mass is 341 g/mol. The second-order valence-electron chi connectivity index (χ2n) is 3.79. The Morgan fingerprint density at radius 3 is 2.74 bits per heavy atom. The van der Waals surface area contributed by atoms with Crippen LogP contribution in [0.4, 0.5) is 10.1 Å². The number of halogens is 2. The third-order valence-electron chi connectivity index (χ3n) is 2.41. The molecule has 0 radical (unpaired) electrons. The topological polar surface area (TPSA) is 43.1 Å². The molecule has 0 aliphatic heterocycles. The number of nitro groups is 1. The summed E-state index contributed by atoms with van der Waals surface area (Å²) in [4.78, 5) is 11.2. The van der Waals surface area contributed by atoms with E-state index in [4.69, 9.17) is 0 Å². The average Bonchev–Trinajstić information content (AvgIpc) is 2.37. The Labute approximate surface area is 122 Å². The van der Waals surface area contributed by atoms with Crippen molar-refractivity contribution in [2.45, 2.75) is 10.6 Å². The molecule has 2 aromatic carbocycles. The third kappa shape index (κ3) is 3.78. The number of benzene rings is 2. The minimum Gasteiger partial charge on any atom is -0.258 e. The molecule has 0 spiro atoms. The van der Waals surface area contributed by atoms with E-state index in [1.165, 1.54) is 30.0 Å². The fourth-order valence-corrected chi connectivity index (χ4v) is 2.79. The van der Waals surface area contributed by atoms with Gasteiger partial charge in [-0.3, -0.25) is 10.1 Å². The predicted molar refractivity (Wildman–Crippen MR) is 76.8 cm³/mol. The van der Waals surface area contributed by atoms with Crippen LogP contribution in [0, 0.1) is 15.9 Å². The molecule has 0 bridgehead atoms. The lowest BCUT2D eigenvalue weighted by molar-refractivity contribution is -0.385. The van der Waals surface area contributed by atoms with Crippen molar-refractivity contribution in [3.05, 3.63) is 68.4 Å². The van der Waals surface area contributed by atoms with Gasteiger partial charge in [0.05, 0.1) is 9.40 Å². The SMILES string of the molecule is O=[N+]([O-])c1cc(CSc2cccc(F)c2)ccc1Br. The van der Waals surface area contributed by atoms with E-state index in [-0.39, 0.29) is 11.5 Å². The molecule has 0 fully saturated rings. The van der Waals surface area contributed by atoms with Crippen molar-refractivity contribution in [1.29, 1.82) is 0 Å². The number of rotatable bonds is 4. The lowest BCUT2D eigenvalue weighted by atomic mass is 10.2. The summed E-state index contributed by atoms with van der Waals surface area (Å²) in [7, 11) is 0. The maximum atomic E-state index is 13.0. The standard InChI is InChI=1S/C13H9BrFNO2S/c14-12-5-4-9(6-13(12)16(17)18)8-19-11-3-1-2-10(15)7-11/h1-7H,8H2. The van der Waals surface area contributed by atoms with Gasteiger partial charge in [0.2, 0.25) is 0 Å². The molecule has 2 aromatic rings. The summed E-state index contributed by atoms with van der Waals surface area (Å²) in [5.41, 5.74) is 0.863. The van der Waals surface area contributed by atoms with E-state index in [9.17, 15) is 14.5 Å². The molecule has 0 heterocycles. The third-order valence-corrected chi connectivity index (χ3v) is 4.14. The highest BCUT2D eigenvalue weighted by Crippen LogP contribution is 2.29. The first-order valence-corrected chi connectivity index (χ1v) is 7.15. The van der Waals surface area contributed by atoms with Crippen molar-refractivity contribution in [1.82, 2.24) is 0 Å². The van der Waals surface area contributed by atoms with Crippen molar-refractivity contribution in [2.75, 3.05) is 0 Å². The van der Waals surface area contributed by atoms with Crippen molar-refractivity contribution in [2.24, 2.45) is 0 Å². The molecular weight excluding hydrogens is 333 g/mol. The summed E-state index contributed by atoms with van der Waals surface area (Å²) in [5.74, 6) is 0.268. The van der Waals surface area contributed by atoms with Crippen molar-refractivity contribution >= 4 is 33.4 Å². The molecule has 19 heavy (non-hydrogen) atoms. The molecule has 3 nitrogen and oxygen atoms in total. The molecule has 0 aromatic heterocycles. The Morgan fingerprint density at radius 1 is 1.26 bits per heavy atom. The summed E-state index contributed by atoms with van der Waals surface area (Å²) >= 11 is 4.57. The maximum Gasteiger partial charge on any atom is 0.283 e. The van der Waals surface area contributed by atoms with Crippen LogP contribution in [0.2, 0.25) is 0 Å². The molecule has 2 rings (SSSR count). The van der Waals surface area contributed by atoms with Crippen LogP contribution in [-0.2, 0) is 5.75 Å². The molecule has 0 saturated heterocycles. The van der Waals surface area contributed by atoms with E-state index >= 15 is 0 Å². The van der Waals surface area contributed by atoms with Crippen LogP contribution in [-0.4, -0.2) is 4.92 Å². The van der Waals surface area contributed by atoms with E-state index in [2.05, 4.69) is 15.9 Å². The molecule has 0 saturated carbocycles. The van der Waals surface area contributed by atoms with Gasteiger partial charge in [0.15, 0.2) is 0 Å². The molecular formula is C13H9BrFNO2S. The molecule has 0 aliphatic carbocycles. The first-order valence-electron chi connectivity index (χ1n) is 5.37. The minimum absolute atomic E-state index is 0.0392. The van der Waals surface area contributed by atoms with Crippen LogP contribution < -0.4 is 0 Å². The first-order chi connectivity index (χ1) is 9.06. The van der Waals surface area contributed by atoms with Crippen LogP contribution in [0.5, 0.6) is 0 Å². The van der Waals surface area contributed by atoms with Gasteiger partial charge in [-0.1, -0.05) is 12.1 Å². The smallest absolute Gasteiger partial charge is 0.258 e. The normalized spacial score (nSPS) is 10.4. The van der Waals surface area contributed by atoms with Crippen molar-refractivity contribution < 1.29 is 9.31 Å². The highest BCUT2D eigenvalue weighted by atomic mass is 79.9. The zero-order valence-corrected chi connectivity index (χ0v) is 12.1. The summed E-state index contributed by atoms with van der Waals surface area (Å²) in [5, 5.41) is 10.8. The molecule has 6 heteroatoms. The van der Waals surface area contributed by atoms with Crippen LogP contribution in [0.15, 0.2) is 51.8 Å². The quantitative estimate of drug-likeness (QED) is 0.456. The van der Waals surface area contributed by atoms with Crippen LogP contribution in [0.1, 0.15) is 5.56 Å².